The molecule has 0 aliphatic carbocycles. The van der Waals surface area contributed by atoms with Crippen molar-refractivity contribution in [2.75, 3.05) is 11.9 Å². The Morgan fingerprint density at radius 3 is 2.39 bits per heavy atom. The van der Waals surface area contributed by atoms with E-state index in [1.54, 1.807) is 19.9 Å². The molecule has 5 nitrogen and oxygen atoms in total. The van der Waals surface area contributed by atoms with Crippen molar-refractivity contribution in [2.45, 2.75) is 39.0 Å². The maximum atomic E-state index is 13.3. The zero-order valence-electron chi connectivity index (χ0n) is 13.0. The number of nitrogens with zero attached hydrogens (tertiary/aromatic N) is 2. The lowest BCUT2D eigenvalue weighted by molar-refractivity contribution is -0.274. The van der Waals surface area contributed by atoms with Gasteiger partial charge in [-0.25, -0.2) is 9.97 Å². The van der Waals surface area contributed by atoms with E-state index in [0.717, 1.165) is 6.07 Å². The molecule has 0 amide bonds. The number of furan rings is 1. The van der Waals surface area contributed by atoms with Crippen molar-refractivity contribution in [2.24, 2.45) is 0 Å². The van der Waals surface area contributed by atoms with Gasteiger partial charge in [0.15, 0.2) is 0 Å². The van der Waals surface area contributed by atoms with Gasteiger partial charge in [0, 0.05) is 24.7 Å². The molecule has 0 fully saturated rings. The van der Waals surface area contributed by atoms with E-state index in [1.165, 1.54) is 13.0 Å². The average Bonchev–Trinajstić information content (AvgIpc) is 2.83. The molecule has 126 valence electrons. The van der Waals surface area contributed by atoms with Crippen molar-refractivity contribution in [1.82, 2.24) is 9.97 Å². The number of rotatable bonds is 5. The minimum absolute atomic E-state index is 0.133. The first-order chi connectivity index (χ1) is 10.6. The fourth-order valence-electron chi connectivity index (χ4n) is 2.24. The SMILES string of the molecule is Cc1cc(NCCC(O)(c2ccc(C)o2)C(F)(F)F)nc(C)n1. The van der Waals surface area contributed by atoms with Crippen molar-refractivity contribution >= 4 is 5.82 Å². The van der Waals surface area contributed by atoms with E-state index in [9.17, 15) is 18.3 Å². The zero-order valence-corrected chi connectivity index (χ0v) is 13.0. The summed E-state index contributed by atoms with van der Waals surface area (Å²) in [5, 5.41) is 12.9. The third-order valence-electron chi connectivity index (χ3n) is 3.38. The molecular formula is C15H18F3N3O2. The third kappa shape index (κ3) is 3.82. The average molecular weight is 329 g/mol. The molecular weight excluding hydrogens is 311 g/mol. The fourth-order valence-corrected chi connectivity index (χ4v) is 2.24. The first-order valence-electron chi connectivity index (χ1n) is 7.04. The minimum Gasteiger partial charge on any atom is -0.463 e. The lowest BCUT2D eigenvalue weighted by Gasteiger charge is -2.28. The predicted molar refractivity (Wildman–Crippen MR) is 78.0 cm³/mol. The molecule has 0 bridgehead atoms. The van der Waals surface area contributed by atoms with E-state index in [1.807, 2.05) is 0 Å². The molecule has 0 aromatic carbocycles. The molecule has 2 aromatic heterocycles. The highest BCUT2D eigenvalue weighted by atomic mass is 19.4. The van der Waals surface area contributed by atoms with Crippen LogP contribution in [0.1, 0.15) is 29.5 Å². The number of anilines is 1. The molecule has 2 rings (SSSR count). The molecule has 2 N–H and O–H groups in total. The molecule has 2 heterocycles. The molecule has 2 aromatic rings. The van der Waals surface area contributed by atoms with Gasteiger partial charge in [-0.15, -0.1) is 0 Å². The van der Waals surface area contributed by atoms with Gasteiger partial charge >= 0.3 is 6.18 Å². The Morgan fingerprint density at radius 1 is 1.17 bits per heavy atom. The largest absolute Gasteiger partial charge is 0.463 e. The second kappa shape index (κ2) is 6.19. The number of hydrogen-bond donors (Lipinski definition) is 2. The van der Waals surface area contributed by atoms with Crippen LogP contribution in [0.25, 0.3) is 0 Å². The van der Waals surface area contributed by atoms with Gasteiger partial charge in [-0.3, -0.25) is 0 Å². The van der Waals surface area contributed by atoms with Gasteiger partial charge in [0.1, 0.15) is 23.2 Å². The van der Waals surface area contributed by atoms with Crippen molar-refractivity contribution in [3.63, 3.8) is 0 Å². The standard InChI is InChI=1S/C15H18F3N3O2/c1-9-8-13(21-11(3)20-9)19-7-6-14(22,15(16,17)18)12-5-4-10(2)23-12/h4-5,8,22H,6-7H2,1-3H3,(H,19,20,21). The monoisotopic (exact) mass is 329 g/mol. The molecule has 23 heavy (non-hydrogen) atoms. The number of alkyl halides is 3. The Bertz CT molecular complexity index is 665. The van der Waals surface area contributed by atoms with Crippen LogP contribution >= 0.6 is 0 Å². The van der Waals surface area contributed by atoms with Crippen LogP contribution in [0.4, 0.5) is 19.0 Å². The van der Waals surface area contributed by atoms with Crippen LogP contribution in [-0.2, 0) is 5.60 Å². The number of aryl methyl sites for hydroxylation is 3. The number of aromatic nitrogens is 2. The van der Waals surface area contributed by atoms with Gasteiger partial charge in [-0.2, -0.15) is 13.2 Å². The zero-order chi connectivity index (χ0) is 17.3. The highest BCUT2D eigenvalue weighted by molar-refractivity contribution is 5.35. The maximum absolute atomic E-state index is 13.3. The number of halogens is 3. The topological polar surface area (TPSA) is 71.2 Å². The van der Waals surface area contributed by atoms with E-state index in [-0.39, 0.29) is 6.54 Å². The van der Waals surface area contributed by atoms with Gasteiger partial charge in [-0.05, 0) is 32.9 Å². The Morgan fingerprint density at radius 2 is 1.87 bits per heavy atom. The summed E-state index contributed by atoms with van der Waals surface area (Å²) in [6, 6.07) is 4.15. The van der Waals surface area contributed by atoms with E-state index >= 15 is 0 Å². The smallest absolute Gasteiger partial charge is 0.424 e. The van der Waals surface area contributed by atoms with Gasteiger partial charge in [0.05, 0.1) is 0 Å². The Kier molecular flexibility index (Phi) is 4.65. The van der Waals surface area contributed by atoms with Gasteiger partial charge in [0.25, 0.3) is 0 Å². The summed E-state index contributed by atoms with van der Waals surface area (Å²) in [6.07, 6.45) is -5.46. The van der Waals surface area contributed by atoms with Crippen LogP contribution in [0.3, 0.4) is 0 Å². The maximum Gasteiger partial charge on any atom is 0.424 e. The van der Waals surface area contributed by atoms with Crippen LogP contribution in [-0.4, -0.2) is 27.8 Å². The van der Waals surface area contributed by atoms with E-state index in [0.29, 0.717) is 23.1 Å². The minimum atomic E-state index is -4.85. The Labute approximate surface area is 131 Å². The Hall–Kier alpha value is -2.09. The van der Waals surface area contributed by atoms with Crippen LogP contribution in [0.2, 0.25) is 0 Å². The molecule has 1 unspecified atom stereocenters. The van der Waals surface area contributed by atoms with Gasteiger partial charge < -0.3 is 14.8 Å². The van der Waals surface area contributed by atoms with Crippen LogP contribution in [0.5, 0.6) is 0 Å². The summed E-state index contributed by atoms with van der Waals surface area (Å²) in [7, 11) is 0. The molecule has 8 heteroatoms. The number of nitrogens with one attached hydrogen (secondary N) is 1. The van der Waals surface area contributed by atoms with Crippen LogP contribution in [0, 0.1) is 20.8 Å². The van der Waals surface area contributed by atoms with E-state index in [4.69, 9.17) is 4.42 Å². The normalized spacial score (nSPS) is 14.6. The number of hydrogen-bond acceptors (Lipinski definition) is 5. The second-order valence-corrected chi connectivity index (χ2v) is 5.39. The number of aliphatic hydroxyl groups is 1. The predicted octanol–water partition coefficient (Wildman–Crippen LogP) is 3.25. The summed E-state index contributed by atoms with van der Waals surface area (Å²) >= 11 is 0. The van der Waals surface area contributed by atoms with Crippen molar-refractivity contribution in [3.05, 3.63) is 41.2 Å². The van der Waals surface area contributed by atoms with Crippen LogP contribution in [0.15, 0.2) is 22.6 Å². The summed E-state index contributed by atoms with van der Waals surface area (Å²) in [4.78, 5) is 8.17. The molecule has 1 atom stereocenters. The highest BCUT2D eigenvalue weighted by Crippen LogP contribution is 2.42. The summed E-state index contributed by atoms with van der Waals surface area (Å²) in [6.45, 7) is 4.84. The molecule has 0 aliphatic rings. The molecule has 0 aliphatic heterocycles. The third-order valence-corrected chi connectivity index (χ3v) is 3.38. The first-order valence-corrected chi connectivity index (χ1v) is 7.04. The van der Waals surface area contributed by atoms with E-state index < -0.39 is 24.0 Å². The lowest BCUT2D eigenvalue weighted by Crippen LogP contribution is -2.43. The first kappa shape index (κ1) is 17.3. The molecule has 0 saturated heterocycles. The lowest BCUT2D eigenvalue weighted by atomic mass is 9.95. The van der Waals surface area contributed by atoms with Crippen molar-refractivity contribution in [1.29, 1.82) is 0 Å². The van der Waals surface area contributed by atoms with Gasteiger partial charge in [-0.1, -0.05) is 0 Å². The fraction of sp³-hybridized carbons (Fsp3) is 0.467. The quantitative estimate of drug-likeness (QED) is 0.881. The summed E-state index contributed by atoms with van der Waals surface area (Å²) in [5.74, 6) is 0.715. The molecule has 0 radical (unpaired) electrons. The van der Waals surface area contributed by atoms with Crippen LogP contribution < -0.4 is 5.32 Å². The second-order valence-electron chi connectivity index (χ2n) is 5.39. The Balaban J connectivity index is 2.13. The molecule has 0 saturated carbocycles. The van der Waals surface area contributed by atoms with Crippen molar-refractivity contribution in [3.8, 4) is 0 Å². The highest BCUT2D eigenvalue weighted by Gasteiger charge is 2.56. The van der Waals surface area contributed by atoms with Gasteiger partial charge in [0.2, 0.25) is 5.60 Å². The summed E-state index contributed by atoms with van der Waals surface area (Å²) < 4.78 is 44.9. The van der Waals surface area contributed by atoms with E-state index in [2.05, 4.69) is 15.3 Å². The van der Waals surface area contributed by atoms with Crippen molar-refractivity contribution < 1.29 is 22.7 Å². The molecule has 0 spiro atoms. The summed E-state index contributed by atoms with van der Waals surface area (Å²) in [5.41, 5.74) is -2.35.